The minimum Gasteiger partial charge on any atom is -0.335 e. The normalized spacial score (nSPS) is 22.2. The molecule has 0 aromatic carbocycles. The molecule has 1 aliphatic heterocycles. The number of fused-ring (bicyclic) bond motifs is 1. The maximum Gasteiger partial charge on any atom is 0.270 e. The van der Waals surface area contributed by atoms with Crippen molar-refractivity contribution < 1.29 is 4.79 Å². The van der Waals surface area contributed by atoms with Crippen LogP contribution in [0.5, 0.6) is 0 Å². The Hall–Kier alpha value is -2.17. The van der Waals surface area contributed by atoms with Crippen LogP contribution in [0.15, 0.2) is 35.4 Å². The zero-order valence-electron chi connectivity index (χ0n) is 13.9. The third kappa shape index (κ3) is 2.62. The first kappa shape index (κ1) is 15.4. The van der Waals surface area contributed by atoms with Gasteiger partial charge in [0.05, 0.1) is 0 Å². The van der Waals surface area contributed by atoms with Gasteiger partial charge in [-0.15, -0.1) is 0 Å². The Morgan fingerprint density at radius 1 is 1.08 bits per heavy atom. The molecular weight excluding hydrogens is 302 g/mol. The molecule has 1 aliphatic carbocycles. The summed E-state index contributed by atoms with van der Waals surface area (Å²) in [5, 5.41) is 0. The van der Waals surface area contributed by atoms with Crippen molar-refractivity contribution in [2.45, 2.75) is 51.0 Å². The average molecular weight is 325 g/mol. The molecule has 0 radical (unpaired) electrons. The van der Waals surface area contributed by atoms with Crippen molar-refractivity contribution in [2.24, 2.45) is 5.92 Å². The van der Waals surface area contributed by atoms with E-state index in [4.69, 9.17) is 0 Å². The summed E-state index contributed by atoms with van der Waals surface area (Å²) in [6.07, 6.45) is 11.5. The summed E-state index contributed by atoms with van der Waals surface area (Å²) in [5.41, 5.74) is 0.505. The zero-order chi connectivity index (χ0) is 16.5. The molecule has 5 nitrogen and oxygen atoms in total. The Morgan fingerprint density at radius 3 is 2.75 bits per heavy atom. The maximum atomic E-state index is 13.0. The third-order valence-electron chi connectivity index (χ3n) is 5.60. The molecule has 1 amide bonds. The topological polar surface area (TPSA) is 54.7 Å². The highest BCUT2D eigenvalue weighted by molar-refractivity contribution is 5.94. The highest BCUT2D eigenvalue weighted by atomic mass is 16.2. The SMILES string of the molecule is O=C(c1cnc2ccccn2c1=O)N1CCC[C@@H]1C1CCCCC1. The van der Waals surface area contributed by atoms with Crippen LogP contribution in [0.4, 0.5) is 0 Å². The van der Waals surface area contributed by atoms with Gasteiger partial charge in [-0.05, 0) is 43.7 Å². The monoisotopic (exact) mass is 325 g/mol. The summed E-state index contributed by atoms with van der Waals surface area (Å²) in [5.74, 6) is 0.459. The largest absolute Gasteiger partial charge is 0.335 e. The lowest BCUT2D eigenvalue weighted by Crippen LogP contribution is -2.43. The van der Waals surface area contributed by atoms with Crippen LogP contribution in [0, 0.1) is 5.92 Å². The van der Waals surface area contributed by atoms with Gasteiger partial charge in [-0.1, -0.05) is 25.3 Å². The molecule has 2 aromatic rings. The summed E-state index contributed by atoms with van der Waals surface area (Å²) < 4.78 is 1.46. The van der Waals surface area contributed by atoms with Gasteiger partial charge >= 0.3 is 0 Å². The molecule has 126 valence electrons. The molecule has 4 rings (SSSR count). The summed E-state index contributed by atoms with van der Waals surface area (Å²) in [6, 6.07) is 5.69. The van der Waals surface area contributed by atoms with Crippen LogP contribution in [0.1, 0.15) is 55.3 Å². The lowest BCUT2D eigenvalue weighted by atomic mass is 9.83. The van der Waals surface area contributed by atoms with E-state index in [1.807, 2.05) is 11.0 Å². The summed E-state index contributed by atoms with van der Waals surface area (Å²) in [6.45, 7) is 0.761. The fraction of sp³-hybridized carbons (Fsp3) is 0.526. The van der Waals surface area contributed by atoms with E-state index in [-0.39, 0.29) is 17.0 Å². The molecule has 2 aliphatic rings. The Kier molecular flexibility index (Phi) is 4.08. The second kappa shape index (κ2) is 6.38. The fourth-order valence-electron chi connectivity index (χ4n) is 4.38. The van der Waals surface area contributed by atoms with Crippen molar-refractivity contribution in [3.05, 3.63) is 46.5 Å². The second-order valence-electron chi connectivity index (χ2n) is 7.01. The Balaban J connectivity index is 1.65. The first-order valence-corrected chi connectivity index (χ1v) is 9.03. The van der Waals surface area contributed by atoms with Crippen molar-refractivity contribution in [1.82, 2.24) is 14.3 Å². The number of amides is 1. The van der Waals surface area contributed by atoms with E-state index in [2.05, 4.69) is 4.98 Å². The average Bonchev–Trinajstić information content (AvgIpc) is 3.12. The van der Waals surface area contributed by atoms with Crippen LogP contribution in [0.2, 0.25) is 0 Å². The first-order valence-electron chi connectivity index (χ1n) is 9.03. The minimum absolute atomic E-state index is 0.140. The predicted octanol–water partition coefficient (Wildman–Crippen LogP) is 2.88. The van der Waals surface area contributed by atoms with Crippen molar-refractivity contribution in [3.8, 4) is 0 Å². The molecule has 0 unspecified atom stereocenters. The van der Waals surface area contributed by atoms with E-state index in [0.29, 0.717) is 17.6 Å². The molecule has 1 saturated heterocycles. The number of aromatic nitrogens is 2. The van der Waals surface area contributed by atoms with Crippen LogP contribution in [-0.4, -0.2) is 32.8 Å². The molecule has 0 spiro atoms. The van der Waals surface area contributed by atoms with Gasteiger partial charge in [0.15, 0.2) is 0 Å². The molecule has 0 bridgehead atoms. The minimum atomic E-state index is -0.264. The van der Waals surface area contributed by atoms with Crippen LogP contribution >= 0.6 is 0 Å². The van der Waals surface area contributed by atoms with Gasteiger partial charge in [-0.2, -0.15) is 0 Å². The molecule has 0 N–H and O–H groups in total. The molecule has 2 aromatic heterocycles. The number of rotatable bonds is 2. The first-order chi connectivity index (χ1) is 11.8. The standard InChI is InChI=1S/C19H23N3O2/c23-18(15-13-20-17-10-4-5-11-22(17)19(15)24)21-12-6-9-16(21)14-7-2-1-3-8-14/h4-5,10-11,13-14,16H,1-3,6-9,12H2/t16-/m1/s1. The summed E-state index contributed by atoms with van der Waals surface area (Å²) >= 11 is 0. The number of hydrogen-bond donors (Lipinski definition) is 0. The van der Waals surface area contributed by atoms with Crippen molar-refractivity contribution >= 4 is 11.6 Å². The van der Waals surface area contributed by atoms with Crippen LogP contribution < -0.4 is 5.56 Å². The third-order valence-corrected chi connectivity index (χ3v) is 5.60. The van der Waals surface area contributed by atoms with E-state index in [1.54, 1.807) is 18.3 Å². The Morgan fingerprint density at radius 2 is 1.92 bits per heavy atom. The van der Waals surface area contributed by atoms with Crippen molar-refractivity contribution in [3.63, 3.8) is 0 Å². The van der Waals surface area contributed by atoms with E-state index in [9.17, 15) is 9.59 Å². The highest BCUT2D eigenvalue weighted by Crippen LogP contribution is 2.34. The lowest BCUT2D eigenvalue weighted by molar-refractivity contribution is 0.0659. The molecule has 3 heterocycles. The molecule has 1 atom stereocenters. The molecular formula is C19H23N3O2. The Labute approximate surface area is 141 Å². The predicted molar refractivity (Wildman–Crippen MR) is 92.1 cm³/mol. The van der Waals surface area contributed by atoms with Gasteiger partial charge in [0.1, 0.15) is 11.2 Å². The molecule has 5 heteroatoms. The van der Waals surface area contributed by atoms with Gasteiger partial charge in [-0.25, -0.2) is 4.98 Å². The number of hydrogen-bond acceptors (Lipinski definition) is 3. The van der Waals surface area contributed by atoms with Gasteiger partial charge in [0.25, 0.3) is 11.5 Å². The number of carbonyl (C=O) groups excluding carboxylic acids is 1. The maximum absolute atomic E-state index is 13.0. The number of carbonyl (C=O) groups is 1. The molecule has 24 heavy (non-hydrogen) atoms. The lowest BCUT2D eigenvalue weighted by Gasteiger charge is -2.34. The van der Waals surface area contributed by atoms with Gasteiger partial charge in [0, 0.05) is 25.0 Å². The highest BCUT2D eigenvalue weighted by Gasteiger charge is 2.36. The molecule has 2 fully saturated rings. The van der Waals surface area contributed by atoms with E-state index in [0.717, 1.165) is 19.4 Å². The van der Waals surface area contributed by atoms with E-state index < -0.39 is 0 Å². The number of likely N-dealkylation sites (tertiary alicyclic amines) is 1. The van der Waals surface area contributed by atoms with Gasteiger partial charge < -0.3 is 4.90 Å². The van der Waals surface area contributed by atoms with Crippen molar-refractivity contribution in [1.29, 1.82) is 0 Å². The smallest absolute Gasteiger partial charge is 0.270 e. The van der Waals surface area contributed by atoms with Crippen molar-refractivity contribution in [2.75, 3.05) is 6.54 Å². The van der Waals surface area contributed by atoms with Gasteiger partial charge in [-0.3, -0.25) is 14.0 Å². The van der Waals surface area contributed by atoms with E-state index in [1.165, 1.54) is 42.7 Å². The zero-order valence-corrected chi connectivity index (χ0v) is 13.9. The summed E-state index contributed by atoms with van der Waals surface area (Å²) in [4.78, 5) is 32.0. The van der Waals surface area contributed by atoms with Crippen LogP contribution in [0.3, 0.4) is 0 Å². The van der Waals surface area contributed by atoms with Crippen LogP contribution in [-0.2, 0) is 0 Å². The van der Waals surface area contributed by atoms with Gasteiger partial charge in [0.2, 0.25) is 0 Å². The van der Waals surface area contributed by atoms with E-state index >= 15 is 0 Å². The number of pyridine rings is 1. The van der Waals surface area contributed by atoms with Crippen LogP contribution in [0.25, 0.3) is 5.65 Å². The fourth-order valence-corrected chi connectivity index (χ4v) is 4.38. The molecule has 1 saturated carbocycles. The quantitative estimate of drug-likeness (QED) is 0.853. The second-order valence-corrected chi connectivity index (χ2v) is 7.01. The summed E-state index contributed by atoms with van der Waals surface area (Å²) in [7, 11) is 0. The Bertz CT molecular complexity index is 808. The number of nitrogens with zero attached hydrogens (tertiary/aromatic N) is 3.